The number of hydrogen-bond donors (Lipinski definition) is 0. The van der Waals surface area contributed by atoms with E-state index in [0.717, 1.165) is 36.7 Å². The number of halogens is 4. The predicted molar refractivity (Wildman–Crippen MR) is 160 cm³/mol. The number of carbonyl (C=O) groups excluding carboxylic acids is 1. The summed E-state index contributed by atoms with van der Waals surface area (Å²) in [6, 6.07) is 19.7. The Morgan fingerprint density at radius 3 is 2.19 bits per heavy atom. The van der Waals surface area contributed by atoms with Gasteiger partial charge >= 0.3 is 6.18 Å². The predicted octanol–water partition coefficient (Wildman–Crippen LogP) is 7.35. The molecule has 2 saturated heterocycles. The highest BCUT2D eigenvalue weighted by Crippen LogP contribution is 2.35. The van der Waals surface area contributed by atoms with Gasteiger partial charge in [0.15, 0.2) is 6.29 Å². The minimum Gasteiger partial charge on any atom is -0.371 e. The maximum atomic E-state index is 12.8. The summed E-state index contributed by atoms with van der Waals surface area (Å²) in [4.78, 5) is 11.1. The second-order valence-corrected chi connectivity index (χ2v) is 12.5. The summed E-state index contributed by atoms with van der Waals surface area (Å²) in [5.41, 5.74) is 2.10. The molecule has 10 heteroatoms. The molecule has 0 aliphatic carbocycles. The van der Waals surface area contributed by atoms with E-state index in [1.165, 1.54) is 0 Å². The van der Waals surface area contributed by atoms with Crippen LogP contribution in [-0.4, -0.2) is 59.8 Å². The van der Waals surface area contributed by atoms with E-state index in [4.69, 9.17) is 23.7 Å². The van der Waals surface area contributed by atoms with Gasteiger partial charge in [-0.1, -0.05) is 83.3 Å². The van der Waals surface area contributed by atoms with Gasteiger partial charge in [-0.2, -0.15) is 13.2 Å². The van der Waals surface area contributed by atoms with E-state index in [1.54, 1.807) is 0 Å². The standard InChI is InChI=1S/C32H40F3IO6/c33-32(34,35)22-40-31-18-17-28(39-21-24-10-5-2-6-11-24)30(42-31)14-13-25(36)26-15-16-29(41-26)27(12-7-19-37)38-20-23-8-3-1-4-9-23/h1-6,8-11,19,25-31H,7,12-18,20-22H2/t25-,26+,27-,28+,29-,30-,31+/m1/s1. The molecular weight excluding hydrogens is 664 g/mol. The number of alkyl halides is 4. The zero-order valence-corrected chi connectivity index (χ0v) is 25.8. The van der Waals surface area contributed by atoms with Gasteiger partial charge in [-0.15, -0.1) is 0 Å². The van der Waals surface area contributed by atoms with Crippen LogP contribution < -0.4 is 0 Å². The molecular formula is C32H40F3IO6. The molecule has 2 fully saturated rings. The lowest BCUT2D eigenvalue weighted by Crippen LogP contribution is -2.43. The van der Waals surface area contributed by atoms with Crippen LogP contribution in [0.15, 0.2) is 60.7 Å². The molecule has 6 nitrogen and oxygen atoms in total. The molecule has 2 aliphatic heterocycles. The van der Waals surface area contributed by atoms with Crippen molar-refractivity contribution in [3.63, 3.8) is 0 Å². The van der Waals surface area contributed by atoms with Crippen LogP contribution in [0, 0.1) is 0 Å². The second kappa shape index (κ2) is 17.1. The fourth-order valence-corrected chi connectivity index (χ4v) is 6.38. The Kier molecular flexibility index (Phi) is 13.5. The van der Waals surface area contributed by atoms with Gasteiger partial charge in [0, 0.05) is 16.8 Å². The molecule has 0 spiro atoms. The van der Waals surface area contributed by atoms with Crippen LogP contribution in [-0.2, 0) is 41.7 Å². The van der Waals surface area contributed by atoms with Gasteiger partial charge in [0.1, 0.15) is 12.9 Å². The van der Waals surface area contributed by atoms with Crippen molar-refractivity contribution < 1.29 is 41.7 Å². The third-order valence-corrected chi connectivity index (χ3v) is 9.10. The Morgan fingerprint density at radius 2 is 1.52 bits per heavy atom. The van der Waals surface area contributed by atoms with E-state index in [2.05, 4.69) is 22.6 Å². The highest BCUT2D eigenvalue weighted by atomic mass is 127. The van der Waals surface area contributed by atoms with Crippen LogP contribution >= 0.6 is 22.6 Å². The monoisotopic (exact) mass is 704 g/mol. The maximum absolute atomic E-state index is 12.8. The summed E-state index contributed by atoms with van der Waals surface area (Å²) in [6.45, 7) is -0.459. The number of carbonyl (C=O) groups is 1. The summed E-state index contributed by atoms with van der Waals surface area (Å²) in [5.74, 6) is 0. The molecule has 0 amide bonds. The molecule has 2 aromatic carbocycles. The van der Waals surface area contributed by atoms with Gasteiger partial charge in [-0.05, 0) is 49.7 Å². The number of ether oxygens (including phenoxy) is 5. The summed E-state index contributed by atoms with van der Waals surface area (Å²) in [6.07, 6.45) is -0.260. The number of rotatable bonds is 16. The first-order valence-electron chi connectivity index (χ1n) is 14.7. The third kappa shape index (κ3) is 11.2. The molecule has 4 rings (SSSR count). The smallest absolute Gasteiger partial charge is 0.371 e. The summed E-state index contributed by atoms with van der Waals surface area (Å²) in [5, 5.41) is 0. The first-order valence-corrected chi connectivity index (χ1v) is 15.9. The molecule has 0 bridgehead atoms. The Balaban J connectivity index is 1.30. The molecule has 7 atom stereocenters. The van der Waals surface area contributed by atoms with E-state index in [1.807, 2.05) is 60.7 Å². The topological polar surface area (TPSA) is 63.2 Å². The molecule has 0 radical (unpaired) electrons. The third-order valence-electron chi connectivity index (χ3n) is 7.67. The van der Waals surface area contributed by atoms with Crippen LogP contribution in [0.5, 0.6) is 0 Å². The number of aldehydes is 1. The zero-order chi connectivity index (χ0) is 29.8. The lowest BCUT2D eigenvalue weighted by Gasteiger charge is -2.37. The number of benzene rings is 2. The van der Waals surface area contributed by atoms with Crippen molar-refractivity contribution >= 4 is 28.9 Å². The molecule has 0 saturated carbocycles. The van der Waals surface area contributed by atoms with Crippen molar-refractivity contribution in [2.24, 2.45) is 0 Å². The average Bonchev–Trinajstić information content (AvgIpc) is 3.49. The molecule has 42 heavy (non-hydrogen) atoms. The van der Waals surface area contributed by atoms with E-state index >= 15 is 0 Å². The highest BCUT2D eigenvalue weighted by Gasteiger charge is 2.38. The van der Waals surface area contributed by atoms with Crippen molar-refractivity contribution in [2.75, 3.05) is 6.61 Å². The lowest BCUT2D eigenvalue weighted by atomic mass is 9.97. The lowest BCUT2D eigenvalue weighted by molar-refractivity contribution is -0.269. The van der Waals surface area contributed by atoms with Crippen molar-refractivity contribution in [1.82, 2.24) is 0 Å². The van der Waals surface area contributed by atoms with Gasteiger partial charge in [-0.3, -0.25) is 0 Å². The normalized spacial score (nSPS) is 26.1. The minimum absolute atomic E-state index is 0.0132. The van der Waals surface area contributed by atoms with E-state index in [9.17, 15) is 18.0 Å². The Labute approximate surface area is 259 Å². The average molecular weight is 705 g/mol. The van der Waals surface area contributed by atoms with Crippen molar-refractivity contribution in [3.8, 4) is 0 Å². The SMILES string of the molecule is O=CCC[C@@H](OCc1ccccc1)[C@H]1CC[C@@H]([C@H](I)CC[C@H]2O[C@H](OCC(F)(F)F)CC[C@@H]2OCc2ccccc2)O1. The van der Waals surface area contributed by atoms with Gasteiger partial charge in [-0.25, -0.2) is 0 Å². The van der Waals surface area contributed by atoms with E-state index in [0.29, 0.717) is 45.3 Å². The molecule has 0 aromatic heterocycles. The van der Waals surface area contributed by atoms with E-state index in [-0.39, 0.29) is 34.4 Å². The highest BCUT2D eigenvalue weighted by molar-refractivity contribution is 14.1. The second-order valence-electron chi connectivity index (χ2n) is 10.9. The van der Waals surface area contributed by atoms with Gasteiger partial charge < -0.3 is 28.5 Å². The van der Waals surface area contributed by atoms with Crippen molar-refractivity contribution in [1.29, 1.82) is 0 Å². The fourth-order valence-electron chi connectivity index (χ4n) is 5.49. The van der Waals surface area contributed by atoms with Crippen LogP contribution in [0.2, 0.25) is 0 Å². The Morgan fingerprint density at radius 1 is 0.857 bits per heavy atom. The summed E-state index contributed by atoms with van der Waals surface area (Å²) in [7, 11) is 0. The Bertz CT molecular complexity index is 1040. The molecule has 2 aliphatic rings. The van der Waals surface area contributed by atoms with Crippen LogP contribution in [0.4, 0.5) is 13.2 Å². The molecule has 2 heterocycles. The van der Waals surface area contributed by atoms with E-state index < -0.39 is 19.1 Å². The summed E-state index contributed by atoms with van der Waals surface area (Å²) < 4.78 is 68.4. The largest absolute Gasteiger partial charge is 0.411 e. The molecule has 0 N–H and O–H groups in total. The molecule has 2 aromatic rings. The van der Waals surface area contributed by atoms with Crippen LogP contribution in [0.3, 0.4) is 0 Å². The van der Waals surface area contributed by atoms with Crippen LogP contribution in [0.25, 0.3) is 0 Å². The zero-order valence-electron chi connectivity index (χ0n) is 23.6. The number of hydrogen-bond acceptors (Lipinski definition) is 6. The fraction of sp³-hybridized carbons (Fsp3) is 0.594. The first-order chi connectivity index (χ1) is 20.3. The minimum atomic E-state index is -4.41. The molecule has 0 unspecified atom stereocenters. The van der Waals surface area contributed by atoms with Crippen LogP contribution in [0.1, 0.15) is 62.5 Å². The summed E-state index contributed by atoms with van der Waals surface area (Å²) >= 11 is 2.40. The molecule has 232 valence electrons. The van der Waals surface area contributed by atoms with Gasteiger partial charge in [0.05, 0.1) is 43.7 Å². The van der Waals surface area contributed by atoms with Crippen molar-refractivity contribution in [2.45, 2.75) is 111 Å². The first kappa shape index (κ1) is 33.3. The maximum Gasteiger partial charge on any atom is 0.411 e. The van der Waals surface area contributed by atoms with Gasteiger partial charge in [0.25, 0.3) is 0 Å². The van der Waals surface area contributed by atoms with Gasteiger partial charge in [0.2, 0.25) is 0 Å². The van der Waals surface area contributed by atoms with Crippen molar-refractivity contribution in [3.05, 3.63) is 71.8 Å². The Hall–Kier alpha value is -1.57. The quantitative estimate of drug-likeness (QED) is 0.104.